The second-order valence-electron chi connectivity index (χ2n) is 4.65. The van der Waals surface area contributed by atoms with E-state index in [1.54, 1.807) is 0 Å². The summed E-state index contributed by atoms with van der Waals surface area (Å²) in [5.74, 6) is 0. The summed E-state index contributed by atoms with van der Waals surface area (Å²) in [6.07, 6.45) is 12.8. The first-order valence-electron chi connectivity index (χ1n) is 7.13. The predicted molar refractivity (Wildman–Crippen MR) is 77.6 cm³/mol. The van der Waals surface area contributed by atoms with Gasteiger partial charge >= 0.3 is 25.0 Å². The zero-order chi connectivity index (χ0) is 12.8. The van der Waals surface area contributed by atoms with Crippen LogP contribution in [-0.2, 0) is 4.74 Å². The maximum absolute atomic E-state index is 10.1. The molecule has 0 aromatic rings. The molecule has 0 fully saturated rings. The van der Waals surface area contributed by atoms with Crippen molar-refractivity contribution in [3.8, 4) is 0 Å². The topological polar surface area (TPSA) is 46.5 Å². The van der Waals surface area contributed by atoms with Gasteiger partial charge in [0.05, 0.1) is 6.61 Å². The van der Waals surface area contributed by atoms with E-state index in [1.165, 1.54) is 57.8 Å². The molecular formula is C14H29LiO3. The number of unbranched alkanes of at least 4 members (excludes halogenated alkanes) is 10. The van der Waals surface area contributed by atoms with Crippen LogP contribution in [0.2, 0.25) is 0 Å². The number of hydrogen-bond acceptors (Lipinski definition) is 2. The first-order chi connectivity index (χ1) is 8.27. The standard InChI is InChI=1S/C14H28O3.Li.H/c1-2-3-4-5-6-7-8-9-10-11-12-13-17-14(15)16;;/h2-13H2,1H3,(H,15,16);;. The van der Waals surface area contributed by atoms with Gasteiger partial charge in [0, 0.05) is 0 Å². The Morgan fingerprint density at radius 1 is 0.833 bits per heavy atom. The molecule has 0 aromatic carbocycles. The van der Waals surface area contributed by atoms with Crippen molar-refractivity contribution in [2.24, 2.45) is 0 Å². The Balaban J connectivity index is 0. The van der Waals surface area contributed by atoms with Crippen molar-refractivity contribution in [3.63, 3.8) is 0 Å². The molecule has 104 valence electrons. The van der Waals surface area contributed by atoms with E-state index in [9.17, 15) is 4.79 Å². The van der Waals surface area contributed by atoms with Crippen molar-refractivity contribution in [3.05, 3.63) is 0 Å². The van der Waals surface area contributed by atoms with Crippen LogP contribution in [-0.4, -0.2) is 36.7 Å². The van der Waals surface area contributed by atoms with Gasteiger partial charge in [0.2, 0.25) is 0 Å². The van der Waals surface area contributed by atoms with Gasteiger partial charge in [-0.05, 0) is 6.42 Å². The molecule has 0 rings (SSSR count). The van der Waals surface area contributed by atoms with Crippen LogP contribution in [0.1, 0.15) is 77.6 Å². The molecule has 4 heteroatoms. The molecule has 1 N–H and O–H groups in total. The van der Waals surface area contributed by atoms with Gasteiger partial charge in [-0.2, -0.15) is 0 Å². The Kier molecular flexibility index (Phi) is 18.9. The van der Waals surface area contributed by atoms with Gasteiger partial charge in [0.1, 0.15) is 0 Å². The molecule has 0 atom stereocenters. The van der Waals surface area contributed by atoms with Crippen LogP contribution in [0.5, 0.6) is 0 Å². The Hall–Kier alpha value is -0.133. The van der Waals surface area contributed by atoms with Crippen LogP contribution in [0.3, 0.4) is 0 Å². The van der Waals surface area contributed by atoms with Crippen molar-refractivity contribution in [1.29, 1.82) is 0 Å². The van der Waals surface area contributed by atoms with Crippen LogP contribution < -0.4 is 0 Å². The monoisotopic (exact) mass is 252 g/mol. The number of ether oxygens (including phenoxy) is 1. The second kappa shape index (κ2) is 16.9. The molecule has 0 amide bonds. The van der Waals surface area contributed by atoms with E-state index in [0.717, 1.165) is 12.8 Å². The van der Waals surface area contributed by atoms with Gasteiger partial charge in [-0.1, -0.05) is 71.1 Å². The van der Waals surface area contributed by atoms with E-state index in [0.29, 0.717) is 6.61 Å². The molecule has 0 aliphatic carbocycles. The molecule has 0 saturated carbocycles. The average Bonchev–Trinajstić information content (AvgIpc) is 2.30. The molecule has 0 heterocycles. The third-order valence-electron chi connectivity index (χ3n) is 2.97. The number of rotatable bonds is 12. The Morgan fingerprint density at radius 2 is 1.22 bits per heavy atom. The number of carbonyl (C=O) groups is 1. The van der Waals surface area contributed by atoms with Crippen LogP contribution in [0, 0.1) is 0 Å². The Bertz CT molecular complexity index is 174. The van der Waals surface area contributed by atoms with Crippen LogP contribution in [0.4, 0.5) is 4.79 Å². The molecule has 0 aliphatic heterocycles. The quantitative estimate of drug-likeness (QED) is 0.319. The Morgan fingerprint density at radius 3 is 1.61 bits per heavy atom. The molecule has 0 aliphatic rings. The molecule has 0 unspecified atom stereocenters. The first-order valence-corrected chi connectivity index (χ1v) is 7.13. The average molecular weight is 252 g/mol. The molecule has 0 aromatic heterocycles. The maximum atomic E-state index is 10.1. The van der Waals surface area contributed by atoms with E-state index in [2.05, 4.69) is 11.7 Å². The summed E-state index contributed by atoms with van der Waals surface area (Å²) in [5, 5.41) is 8.25. The predicted octanol–water partition coefficient (Wildman–Crippen LogP) is 4.34. The minimum absolute atomic E-state index is 0. The SMILES string of the molecule is CCCCCCCCCCCCCOC(=O)O.[LiH]. The summed E-state index contributed by atoms with van der Waals surface area (Å²) in [5.41, 5.74) is 0. The summed E-state index contributed by atoms with van der Waals surface area (Å²) in [7, 11) is 0. The molecule has 3 nitrogen and oxygen atoms in total. The van der Waals surface area contributed by atoms with Gasteiger partial charge in [0.25, 0.3) is 0 Å². The van der Waals surface area contributed by atoms with Gasteiger partial charge in [0.15, 0.2) is 0 Å². The zero-order valence-electron chi connectivity index (χ0n) is 11.2. The van der Waals surface area contributed by atoms with E-state index >= 15 is 0 Å². The zero-order valence-corrected chi connectivity index (χ0v) is 11.2. The summed E-state index contributed by atoms with van der Waals surface area (Å²) in [6, 6.07) is 0. The van der Waals surface area contributed by atoms with Crippen molar-refractivity contribution >= 4 is 25.0 Å². The second-order valence-corrected chi connectivity index (χ2v) is 4.65. The minimum atomic E-state index is -1.16. The molecule has 18 heavy (non-hydrogen) atoms. The Labute approximate surface area is 124 Å². The fraction of sp³-hybridized carbons (Fsp3) is 0.929. The van der Waals surface area contributed by atoms with E-state index in [1.807, 2.05) is 0 Å². The number of hydrogen-bond donors (Lipinski definition) is 1. The molecule has 0 spiro atoms. The van der Waals surface area contributed by atoms with E-state index < -0.39 is 6.16 Å². The van der Waals surface area contributed by atoms with Crippen LogP contribution in [0.15, 0.2) is 0 Å². The molecule has 0 saturated heterocycles. The molecule has 0 bridgehead atoms. The molecular weight excluding hydrogens is 223 g/mol. The summed E-state index contributed by atoms with van der Waals surface area (Å²) in [4.78, 5) is 10.1. The van der Waals surface area contributed by atoms with Gasteiger partial charge in [-0.15, -0.1) is 0 Å². The normalized spacial score (nSPS) is 9.83. The fourth-order valence-electron chi connectivity index (χ4n) is 1.93. The fourth-order valence-corrected chi connectivity index (χ4v) is 1.93. The van der Waals surface area contributed by atoms with Crippen molar-refractivity contribution < 1.29 is 14.6 Å². The van der Waals surface area contributed by atoms with Crippen LogP contribution in [0.25, 0.3) is 0 Å². The summed E-state index contributed by atoms with van der Waals surface area (Å²) >= 11 is 0. The first kappa shape index (κ1) is 20.2. The van der Waals surface area contributed by atoms with Crippen LogP contribution >= 0.6 is 0 Å². The van der Waals surface area contributed by atoms with E-state index in [4.69, 9.17) is 5.11 Å². The third-order valence-corrected chi connectivity index (χ3v) is 2.97. The summed E-state index contributed by atoms with van der Waals surface area (Å²) in [6.45, 7) is 2.60. The van der Waals surface area contributed by atoms with E-state index in [-0.39, 0.29) is 18.9 Å². The van der Waals surface area contributed by atoms with Crippen molar-refractivity contribution in [2.45, 2.75) is 77.6 Å². The molecule has 0 radical (unpaired) electrons. The van der Waals surface area contributed by atoms with Gasteiger partial charge in [-0.25, -0.2) is 4.79 Å². The van der Waals surface area contributed by atoms with Crippen molar-refractivity contribution in [2.75, 3.05) is 6.61 Å². The number of carboxylic acid groups (broad SMARTS) is 1. The van der Waals surface area contributed by atoms with Gasteiger partial charge in [-0.3, -0.25) is 0 Å². The van der Waals surface area contributed by atoms with Gasteiger partial charge < -0.3 is 9.84 Å². The summed E-state index contributed by atoms with van der Waals surface area (Å²) < 4.78 is 4.44. The third kappa shape index (κ3) is 18.2. The van der Waals surface area contributed by atoms with Crippen molar-refractivity contribution in [1.82, 2.24) is 0 Å².